The highest BCUT2D eigenvalue weighted by Gasteiger charge is 2.25. The van der Waals surface area contributed by atoms with Crippen LogP contribution in [-0.4, -0.2) is 9.97 Å². The van der Waals surface area contributed by atoms with Gasteiger partial charge >= 0.3 is 0 Å². The molecule has 2 aromatic heterocycles. The lowest BCUT2D eigenvalue weighted by atomic mass is 9.84. The number of nitrogens with one attached hydrogen (secondary N) is 1. The molecule has 0 amide bonds. The second-order valence-corrected chi connectivity index (χ2v) is 7.36. The van der Waals surface area contributed by atoms with Crippen molar-refractivity contribution in [1.82, 2.24) is 9.97 Å². The van der Waals surface area contributed by atoms with E-state index in [0.29, 0.717) is 0 Å². The van der Waals surface area contributed by atoms with E-state index in [2.05, 4.69) is 60.4 Å². The van der Waals surface area contributed by atoms with Gasteiger partial charge in [-0.2, -0.15) is 0 Å². The lowest BCUT2D eigenvalue weighted by Crippen LogP contribution is -2.19. The maximum atomic E-state index is 6.97. The van der Waals surface area contributed by atoms with E-state index < -0.39 is 0 Å². The zero-order valence-electron chi connectivity index (χ0n) is 15.0. The van der Waals surface area contributed by atoms with E-state index in [1.54, 1.807) is 0 Å². The number of aromatic amines is 1. The molecule has 2 heterocycles. The molecule has 1 aliphatic rings. The predicted octanol–water partition coefficient (Wildman–Crippen LogP) is 4.95. The number of aryl methyl sites for hydroxylation is 2. The number of hydrogen-bond donors (Lipinski definition) is 2. The van der Waals surface area contributed by atoms with Gasteiger partial charge in [-0.1, -0.05) is 36.4 Å². The second kappa shape index (κ2) is 5.96. The first-order valence-electron chi connectivity index (χ1n) is 9.47. The molecule has 0 saturated heterocycles. The van der Waals surface area contributed by atoms with Crippen molar-refractivity contribution in [2.24, 2.45) is 5.73 Å². The summed E-state index contributed by atoms with van der Waals surface area (Å²) in [7, 11) is 0. The van der Waals surface area contributed by atoms with Gasteiger partial charge in [-0.15, -0.1) is 0 Å². The largest absolute Gasteiger partial charge is 0.358 e. The highest BCUT2D eigenvalue weighted by Crippen LogP contribution is 2.38. The number of nitrogens with two attached hydrogens (primary N) is 1. The van der Waals surface area contributed by atoms with E-state index in [4.69, 9.17) is 10.7 Å². The molecule has 3 heteroatoms. The number of fused-ring (bicyclic) bond motifs is 3. The standard InChI is InChI=1S/C23H23N3/c1-14-21(15-8-2-5-11-18(15)25-14)23(24)22-16-9-3-6-12-19(16)26-20-13-7-4-10-17(20)22/h2-3,5-6,8-9,11-12,23,25H,4,7,10,13,24H2,1H3. The quantitative estimate of drug-likeness (QED) is 0.542. The topological polar surface area (TPSA) is 54.7 Å². The van der Waals surface area contributed by atoms with Gasteiger partial charge in [0.15, 0.2) is 0 Å². The molecule has 1 unspecified atom stereocenters. The van der Waals surface area contributed by atoms with Gasteiger partial charge in [0, 0.05) is 33.2 Å². The molecule has 3 nitrogen and oxygen atoms in total. The van der Waals surface area contributed by atoms with Gasteiger partial charge in [-0.3, -0.25) is 4.98 Å². The Bertz CT molecular complexity index is 1120. The van der Waals surface area contributed by atoms with Gasteiger partial charge in [-0.25, -0.2) is 0 Å². The fourth-order valence-corrected chi connectivity index (χ4v) is 4.61. The number of para-hydroxylation sites is 2. The zero-order chi connectivity index (χ0) is 17.7. The smallest absolute Gasteiger partial charge is 0.0709 e. The van der Waals surface area contributed by atoms with E-state index in [-0.39, 0.29) is 6.04 Å². The van der Waals surface area contributed by atoms with Gasteiger partial charge < -0.3 is 10.7 Å². The Morgan fingerprint density at radius 1 is 0.923 bits per heavy atom. The van der Waals surface area contributed by atoms with E-state index in [0.717, 1.165) is 29.6 Å². The van der Waals surface area contributed by atoms with Crippen molar-refractivity contribution in [1.29, 1.82) is 0 Å². The Hall–Kier alpha value is -2.65. The highest BCUT2D eigenvalue weighted by atomic mass is 14.8. The zero-order valence-corrected chi connectivity index (χ0v) is 15.0. The van der Waals surface area contributed by atoms with Crippen molar-refractivity contribution in [3.05, 3.63) is 76.6 Å². The number of nitrogens with zero attached hydrogens (tertiary/aromatic N) is 1. The Morgan fingerprint density at radius 3 is 2.54 bits per heavy atom. The van der Waals surface area contributed by atoms with Crippen LogP contribution in [0, 0.1) is 6.92 Å². The molecule has 1 aliphatic carbocycles. The molecule has 1 atom stereocenters. The minimum absolute atomic E-state index is 0.147. The average Bonchev–Trinajstić information content (AvgIpc) is 3.01. The van der Waals surface area contributed by atoms with Crippen molar-refractivity contribution in [3.63, 3.8) is 0 Å². The first-order valence-corrected chi connectivity index (χ1v) is 9.47. The van der Waals surface area contributed by atoms with Crippen LogP contribution < -0.4 is 5.73 Å². The lowest BCUT2D eigenvalue weighted by molar-refractivity contribution is 0.659. The molecule has 0 aliphatic heterocycles. The molecule has 0 fully saturated rings. The minimum Gasteiger partial charge on any atom is -0.358 e. The molecule has 5 rings (SSSR count). The highest BCUT2D eigenvalue weighted by molar-refractivity contribution is 5.89. The van der Waals surface area contributed by atoms with E-state index in [9.17, 15) is 0 Å². The molecule has 0 radical (unpaired) electrons. The summed E-state index contributed by atoms with van der Waals surface area (Å²) in [6.07, 6.45) is 4.59. The van der Waals surface area contributed by atoms with Crippen molar-refractivity contribution < 1.29 is 0 Å². The van der Waals surface area contributed by atoms with Gasteiger partial charge in [-0.05, 0) is 55.9 Å². The fourth-order valence-electron chi connectivity index (χ4n) is 4.61. The molecular formula is C23H23N3. The molecule has 0 saturated carbocycles. The average molecular weight is 341 g/mol. The van der Waals surface area contributed by atoms with Crippen molar-refractivity contribution in [3.8, 4) is 0 Å². The second-order valence-electron chi connectivity index (χ2n) is 7.36. The Balaban J connectivity index is 1.81. The third-order valence-electron chi connectivity index (χ3n) is 5.78. The molecular weight excluding hydrogens is 318 g/mol. The van der Waals surface area contributed by atoms with E-state index >= 15 is 0 Å². The van der Waals surface area contributed by atoms with Crippen molar-refractivity contribution in [2.45, 2.75) is 38.6 Å². The van der Waals surface area contributed by atoms with E-state index in [1.807, 2.05) is 0 Å². The summed E-state index contributed by atoms with van der Waals surface area (Å²) in [4.78, 5) is 8.47. The van der Waals surface area contributed by atoms with Gasteiger partial charge in [0.2, 0.25) is 0 Å². The molecule has 26 heavy (non-hydrogen) atoms. The number of aromatic nitrogens is 2. The van der Waals surface area contributed by atoms with Gasteiger partial charge in [0.1, 0.15) is 0 Å². The molecule has 3 N–H and O–H groups in total. The van der Waals surface area contributed by atoms with Crippen molar-refractivity contribution in [2.75, 3.05) is 0 Å². The maximum absolute atomic E-state index is 6.97. The molecule has 2 aromatic carbocycles. The summed E-state index contributed by atoms with van der Waals surface area (Å²) < 4.78 is 0. The Kier molecular flexibility index (Phi) is 3.57. The first kappa shape index (κ1) is 15.6. The van der Waals surface area contributed by atoms with Crippen LogP contribution >= 0.6 is 0 Å². The third-order valence-corrected chi connectivity index (χ3v) is 5.78. The normalized spacial score (nSPS) is 15.3. The lowest BCUT2D eigenvalue weighted by Gasteiger charge is -2.25. The predicted molar refractivity (Wildman–Crippen MR) is 107 cm³/mol. The summed E-state index contributed by atoms with van der Waals surface area (Å²) in [5.41, 5.74) is 15.5. The fraction of sp³-hybridized carbons (Fsp3) is 0.261. The van der Waals surface area contributed by atoms with Crippen LogP contribution in [0.2, 0.25) is 0 Å². The Morgan fingerprint density at radius 2 is 1.65 bits per heavy atom. The molecule has 0 spiro atoms. The summed E-state index contributed by atoms with van der Waals surface area (Å²) in [5.74, 6) is 0. The third kappa shape index (κ3) is 2.27. The number of hydrogen-bond acceptors (Lipinski definition) is 2. The molecule has 0 bridgehead atoms. The van der Waals surface area contributed by atoms with Crippen molar-refractivity contribution >= 4 is 21.8 Å². The van der Waals surface area contributed by atoms with Crippen LogP contribution in [0.25, 0.3) is 21.8 Å². The first-order chi connectivity index (χ1) is 12.7. The van der Waals surface area contributed by atoms with Gasteiger partial charge in [0.25, 0.3) is 0 Å². The number of rotatable bonds is 2. The maximum Gasteiger partial charge on any atom is 0.0709 e. The number of benzene rings is 2. The van der Waals surface area contributed by atoms with Crippen LogP contribution in [0.1, 0.15) is 47.0 Å². The molecule has 130 valence electrons. The summed E-state index contributed by atoms with van der Waals surface area (Å²) >= 11 is 0. The van der Waals surface area contributed by atoms with Crippen LogP contribution in [0.3, 0.4) is 0 Å². The van der Waals surface area contributed by atoms with Crippen LogP contribution in [0.5, 0.6) is 0 Å². The summed E-state index contributed by atoms with van der Waals surface area (Å²) in [6, 6.07) is 16.8. The monoisotopic (exact) mass is 341 g/mol. The van der Waals surface area contributed by atoms with E-state index in [1.165, 1.54) is 46.0 Å². The summed E-state index contributed by atoms with van der Waals surface area (Å²) in [5, 5.41) is 2.42. The summed E-state index contributed by atoms with van der Waals surface area (Å²) in [6.45, 7) is 2.13. The van der Waals surface area contributed by atoms with Crippen LogP contribution in [0.15, 0.2) is 48.5 Å². The minimum atomic E-state index is -0.147. The molecule has 4 aromatic rings. The number of H-pyrrole nitrogens is 1. The van der Waals surface area contributed by atoms with Crippen LogP contribution in [0.4, 0.5) is 0 Å². The number of pyridine rings is 1. The SMILES string of the molecule is Cc1[nH]c2ccccc2c1C(N)c1c2c(nc3ccccc13)CCCC2. The van der Waals surface area contributed by atoms with Crippen LogP contribution in [-0.2, 0) is 12.8 Å². The Labute approximate surface area is 153 Å². The van der Waals surface area contributed by atoms with Gasteiger partial charge in [0.05, 0.1) is 11.6 Å².